The van der Waals surface area contributed by atoms with E-state index in [9.17, 15) is 9.59 Å². The third kappa shape index (κ3) is 4.58. The summed E-state index contributed by atoms with van der Waals surface area (Å²) in [5.74, 6) is -0.421. The highest BCUT2D eigenvalue weighted by atomic mass is 16.5. The third-order valence-electron chi connectivity index (χ3n) is 4.61. The molecular weight excluding hydrogens is 354 g/mol. The molecule has 28 heavy (non-hydrogen) atoms. The number of rotatable bonds is 7. The Balaban J connectivity index is 1.89. The Labute approximate surface area is 165 Å². The molecule has 1 aliphatic heterocycles. The Morgan fingerprint density at radius 2 is 1.64 bits per heavy atom. The fourth-order valence-electron chi connectivity index (χ4n) is 3.34. The number of hydrogen-bond acceptors (Lipinski definition) is 4. The van der Waals surface area contributed by atoms with Gasteiger partial charge in [-0.1, -0.05) is 60.7 Å². The summed E-state index contributed by atoms with van der Waals surface area (Å²) in [5.41, 5.74) is 3.17. The Bertz CT molecular complexity index is 810. The minimum absolute atomic E-state index is 0.0829. The molecule has 3 N–H and O–H groups in total. The van der Waals surface area contributed by atoms with E-state index in [1.165, 1.54) is 0 Å². The first kappa shape index (κ1) is 19.6. The van der Waals surface area contributed by atoms with E-state index in [4.69, 9.17) is 4.74 Å². The normalized spacial score (nSPS) is 16.5. The van der Waals surface area contributed by atoms with Gasteiger partial charge in [0.2, 0.25) is 0 Å². The van der Waals surface area contributed by atoms with Crippen LogP contribution < -0.4 is 16.0 Å². The molecule has 0 radical (unpaired) electrons. The number of amides is 2. The van der Waals surface area contributed by atoms with E-state index in [1.807, 2.05) is 36.4 Å². The van der Waals surface area contributed by atoms with Crippen LogP contribution in [0.2, 0.25) is 0 Å². The molecule has 146 valence electrons. The number of carbonyl (C=O) groups is 2. The van der Waals surface area contributed by atoms with Crippen LogP contribution in [-0.2, 0) is 9.53 Å². The summed E-state index contributed by atoms with van der Waals surface area (Å²) < 4.78 is 5.18. The standard InChI is InChI=1S/C22H25N3O3/c1-3-28-21(26)19-15(2)24-22(27)25-18(19)14-23-20(16-10-6-4-7-11-16)17-12-8-5-9-13-17/h4-13,15,20,23H,3,14H2,1-2H3,(H2,24,25,27)/t15-/m0/s1. The van der Waals surface area contributed by atoms with Gasteiger partial charge in [0.25, 0.3) is 0 Å². The monoisotopic (exact) mass is 379 g/mol. The molecule has 0 bridgehead atoms. The number of benzene rings is 2. The summed E-state index contributed by atoms with van der Waals surface area (Å²) in [4.78, 5) is 24.4. The van der Waals surface area contributed by atoms with Gasteiger partial charge >= 0.3 is 12.0 Å². The van der Waals surface area contributed by atoms with Crippen molar-refractivity contribution in [1.82, 2.24) is 16.0 Å². The summed E-state index contributed by atoms with van der Waals surface area (Å²) in [5, 5.41) is 8.96. The highest BCUT2D eigenvalue weighted by Gasteiger charge is 2.30. The van der Waals surface area contributed by atoms with Crippen LogP contribution in [0.3, 0.4) is 0 Å². The maximum absolute atomic E-state index is 12.4. The molecule has 2 aromatic carbocycles. The lowest BCUT2D eigenvalue weighted by Gasteiger charge is -2.28. The van der Waals surface area contributed by atoms with E-state index in [2.05, 4.69) is 40.2 Å². The molecule has 0 spiro atoms. The predicted molar refractivity (Wildman–Crippen MR) is 108 cm³/mol. The molecule has 0 saturated heterocycles. The van der Waals surface area contributed by atoms with Crippen molar-refractivity contribution in [2.75, 3.05) is 13.2 Å². The van der Waals surface area contributed by atoms with E-state index < -0.39 is 12.0 Å². The van der Waals surface area contributed by atoms with Crippen molar-refractivity contribution in [3.63, 3.8) is 0 Å². The predicted octanol–water partition coefficient (Wildman–Crippen LogP) is 2.88. The first-order valence-electron chi connectivity index (χ1n) is 9.41. The summed E-state index contributed by atoms with van der Waals surface area (Å²) in [7, 11) is 0. The quantitative estimate of drug-likeness (QED) is 0.647. The van der Waals surface area contributed by atoms with Crippen molar-refractivity contribution < 1.29 is 14.3 Å². The molecule has 6 nitrogen and oxygen atoms in total. The molecule has 1 aliphatic rings. The Kier molecular flexibility index (Phi) is 6.45. The Morgan fingerprint density at radius 1 is 1.07 bits per heavy atom. The van der Waals surface area contributed by atoms with Gasteiger partial charge < -0.3 is 20.7 Å². The Morgan fingerprint density at radius 3 is 2.18 bits per heavy atom. The largest absolute Gasteiger partial charge is 0.463 e. The average Bonchev–Trinajstić information content (AvgIpc) is 2.69. The zero-order chi connectivity index (χ0) is 19.9. The first-order valence-corrected chi connectivity index (χ1v) is 9.41. The lowest BCUT2D eigenvalue weighted by atomic mass is 9.98. The second-order valence-corrected chi connectivity index (χ2v) is 6.57. The van der Waals surface area contributed by atoms with Gasteiger partial charge in [-0.3, -0.25) is 0 Å². The molecule has 1 heterocycles. The van der Waals surface area contributed by atoms with Crippen molar-refractivity contribution in [2.45, 2.75) is 25.9 Å². The van der Waals surface area contributed by atoms with E-state index in [-0.39, 0.29) is 18.7 Å². The molecule has 2 aromatic rings. The van der Waals surface area contributed by atoms with Gasteiger partial charge in [0.1, 0.15) is 0 Å². The third-order valence-corrected chi connectivity index (χ3v) is 4.61. The van der Waals surface area contributed by atoms with Crippen LogP contribution in [0.1, 0.15) is 31.0 Å². The van der Waals surface area contributed by atoms with Crippen molar-refractivity contribution in [3.05, 3.63) is 83.1 Å². The number of carbonyl (C=O) groups excluding carboxylic acids is 2. The van der Waals surface area contributed by atoms with Gasteiger partial charge in [-0.2, -0.15) is 0 Å². The maximum Gasteiger partial charge on any atom is 0.337 e. The minimum Gasteiger partial charge on any atom is -0.463 e. The highest BCUT2D eigenvalue weighted by molar-refractivity contribution is 5.94. The molecule has 1 atom stereocenters. The fraction of sp³-hybridized carbons (Fsp3) is 0.273. The molecule has 6 heteroatoms. The van der Waals surface area contributed by atoms with Gasteiger partial charge in [-0.05, 0) is 25.0 Å². The number of nitrogens with one attached hydrogen (secondary N) is 3. The van der Waals surface area contributed by atoms with E-state index >= 15 is 0 Å². The molecule has 0 aromatic heterocycles. The van der Waals surface area contributed by atoms with Crippen LogP contribution in [0.5, 0.6) is 0 Å². The van der Waals surface area contributed by atoms with E-state index in [0.29, 0.717) is 17.8 Å². The number of urea groups is 1. The molecular formula is C22H25N3O3. The van der Waals surface area contributed by atoms with Crippen molar-refractivity contribution >= 4 is 12.0 Å². The highest BCUT2D eigenvalue weighted by Crippen LogP contribution is 2.22. The smallest absolute Gasteiger partial charge is 0.337 e. The second kappa shape index (κ2) is 9.19. The molecule has 2 amide bonds. The summed E-state index contributed by atoms with van der Waals surface area (Å²) in [6, 6.07) is 19.3. The molecule has 0 fully saturated rings. The summed E-state index contributed by atoms with van der Waals surface area (Å²) >= 11 is 0. The Hall–Kier alpha value is -3.12. The van der Waals surface area contributed by atoms with Crippen LogP contribution in [0.25, 0.3) is 0 Å². The van der Waals surface area contributed by atoms with Crippen molar-refractivity contribution in [3.8, 4) is 0 Å². The number of esters is 1. The maximum atomic E-state index is 12.4. The zero-order valence-corrected chi connectivity index (χ0v) is 16.1. The summed E-state index contributed by atoms with van der Waals surface area (Å²) in [6.07, 6.45) is 0. The minimum atomic E-state index is -0.421. The van der Waals surface area contributed by atoms with E-state index in [0.717, 1.165) is 11.1 Å². The lowest BCUT2D eigenvalue weighted by molar-refractivity contribution is -0.139. The number of ether oxygens (including phenoxy) is 1. The fourth-order valence-corrected chi connectivity index (χ4v) is 3.34. The zero-order valence-electron chi connectivity index (χ0n) is 16.1. The topological polar surface area (TPSA) is 79.5 Å². The average molecular weight is 379 g/mol. The first-order chi connectivity index (χ1) is 13.6. The lowest BCUT2D eigenvalue weighted by Crippen LogP contribution is -2.51. The van der Waals surface area contributed by atoms with Crippen LogP contribution in [0.4, 0.5) is 4.79 Å². The molecule has 0 aliphatic carbocycles. The van der Waals surface area contributed by atoms with Crippen molar-refractivity contribution in [1.29, 1.82) is 0 Å². The van der Waals surface area contributed by atoms with Crippen molar-refractivity contribution in [2.24, 2.45) is 0 Å². The SMILES string of the molecule is CCOC(=O)C1=C(CNC(c2ccccc2)c2ccccc2)NC(=O)N[C@H]1C. The summed E-state index contributed by atoms with van der Waals surface area (Å²) in [6.45, 7) is 4.13. The molecule has 0 saturated carbocycles. The van der Waals surface area contributed by atoms with Crippen LogP contribution in [0, 0.1) is 0 Å². The van der Waals surface area contributed by atoms with Crippen LogP contribution >= 0.6 is 0 Å². The second-order valence-electron chi connectivity index (χ2n) is 6.57. The van der Waals surface area contributed by atoms with Gasteiger partial charge in [0.15, 0.2) is 0 Å². The molecule has 3 rings (SSSR count). The van der Waals surface area contributed by atoms with E-state index in [1.54, 1.807) is 13.8 Å². The van der Waals surface area contributed by atoms with Gasteiger partial charge in [-0.25, -0.2) is 9.59 Å². The van der Waals surface area contributed by atoms with Crippen LogP contribution in [-0.4, -0.2) is 31.2 Å². The molecule has 0 unspecified atom stereocenters. The number of hydrogen-bond donors (Lipinski definition) is 3. The van der Waals surface area contributed by atoms with Gasteiger partial charge in [-0.15, -0.1) is 0 Å². The van der Waals surface area contributed by atoms with Gasteiger partial charge in [0.05, 0.1) is 24.3 Å². The van der Waals surface area contributed by atoms with Gasteiger partial charge in [0, 0.05) is 12.2 Å². The van der Waals surface area contributed by atoms with Crippen LogP contribution in [0.15, 0.2) is 71.9 Å².